The van der Waals surface area contributed by atoms with E-state index in [1.807, 2.05) is 46.5 Å². The van der Waals surface area contributed by atoms with Gasteiger partial charge in [0, 0.05) is 33.8 Å². The minimum absolute atomic E-state index is 0.533. The molecular formula is C16H11Cl5N2. The van der Waals surface area contributed by atoms with Crippen molar-refractivity contribution in [3.8, 4) is 0 Å². The Morgan fingerprint density at radius 1 is 0.652 bits per heavy atom. The summed E-state index contributed by atoms with van der Waals surface area (Å²) in [6.07, 6.45) is 3.20. The van der Waals surface area contributed by atoms with E-state index in [1.54, 1.807) is 24.3 Å². The van der Waals surface area contributed by atoms with Gasteiger partial charge >= 0.3 is 0 Å². The number of hydrogen-bond acceptors (Lipinski definition) is 2. The van der Waals surface area contributed by atoms with Gasteiger partial charge in [0.05, 0.1) is 0 Å². The Morgan fingerprint density at radius 3 is 1.30 bits per heavy atom. The standard InChI is InChI=1S/C16H11Cl5N2/c17-11-1-5-13(6-2-11)22-9-10-23(15(22)16(19,20)21)14-7-3-12(18)4-8-14/h1-10,15H. The van der Waals surface area contributed by atoms with Crippen molar-refractivity contribution in [3.63, 3.8) is 0 Å². The summed E-state index contributed by atoms with van der Waals surface area (Å²) in [5.41, 5.74) is 1.75. The van der Waals surface area contributed by atoms with Crippen molar-refractivity contribution in [1.82, 2.24) is 0 Å². The summed E-state index contributed by atoms with van der Waals surface area (Å²) in [6, 6.07) is 14.7. The van der Waals surface area contributed by atoms with E-state index in [1.165, 1.54) is 0 Å². The van der Waals surface area contributed by atoms with Crippen LogP contribution < -0.4 is 9.80 Å². The van der Waals surface area contributed by atoms with E-state index in [4.69, 9.17) is 58.0 Å². The van der Waals surface area contributed by atoms with Crippen LogP contribution in [0, 0.1) is 0 Å². The molecule has 1 aliphatic rings. The molecule has 0 saturated carbocycles. The lowest BCUT2D eigenvalue weighted by molar-refractivity contribution is 0.696. The second-order valence-electron chi connectivity index (χ2n) is 4.98. The van der Waals surface area contributed by atoms with Gasteiger partial charge < -0.3 is 9.80 Å². The quantitative estimate of drug-likeness (QED) is 0.524. The third-order valence-corrected chi connectivity index (χ3v) is 4.55. The van der Waals surface area contributed by atoms with Gasteiger partial charge in [0.25, 0.3) is 0 Å². The Bertz CT molecular complexity index is 651. The van der Waals surface area contributed by atoms with E-state index < -0.39 is 9.96 Å². The molecule has 120 valence electrons. The average Bonchev–Trinajstić information content (AvgIpc) is 2.94. The minimum atomic E-state index is -1.54. The van der Waals surface area contributed by atoms with Crippen molar-refractivity contribution < 1.29 is 0 Å². The van der Waals surface area contributed by atoms with E-state index in [-0.39, 0.29) is 0 Å². The van der Waals surface area contributed by atoms with E-state index in [0.717, 1.165) is 11.4 Å². The number of hydrogen-bond donors (Lipinski definition) is 0. The smallest absolute Gasteiger partial charge is 0.229 e. The van der Waals surface area contributed by atoms with Crippen molar-refractivity contribution in [2.24, 2.45) is 0 Å². The van der Waals surface area contributed by atoms with Gasteiger partial charge in [-0.15, -0.1) is 0 Å². The highest BCUT2D eigenvalue weighted by molar-refractivity contribution is 6.68. The van der Waals surface area contributed by atoms with Crippen LogP contribution in [0.3, 0.4) is 0 Å². The molecule has 2 aromatic carbocycles. The summed E-state index contributed by atoms with van der Waals surface area (Å²) in [7, 11) is 0. The molecule has 0 aliphatic carbocycles. The normalized spacial score (nSPS) is 15.5. The van der Waals surface area contributed by atoms with Crippen LogP contribution in [0.1, 0.15) is 0 Å². The van der Waals surface area contributed by atoms with Gasteiger partial charge in [0.15, 0.2) is 6.17 Å². The van der Waals surface area contributed by atoms with Gasteiger partial charge in [0.1, 0.15) is 0 Å². The fraction of sp³-hybridized carbons (Fsp3) is 0.125. The SMILES string of the molecule is Clc1ccc(N2C=CN(c3ccc(Cl)cc3)C2C(Cl)(Cl)Cl)cc1. The first-order chi connectivity index (χ1) is 10.9. The number of nitrogens with zero attached hydrogens (tertiary/aromatic N) is 2. The lowest BCUT2D eigenvalue weighted by atomic mass is 10.2. The fourth-order valence-electron chi connectivity index (χ4n) is 2.44. The van der Waals surface area contributed by atoms with E-state index in [9.17, 15) is 0 Å². The zero-order valence-corrected chi connectivity index (χ0v) is 15.4. The molecule has 0 unspecified atom stereocenters. The van der Waals surface area contributed by atoms with Gasteiger partial charge in [0.2, 0.25) is 3.79 Å². The highest BCUT2D eigenvalue weighted by atomic mass is 35.6. The molecule has 1 heterocycles. The topological polar surface area (TPSA) is 6.48 Å². The fourth-order valence-corrected chi connectivity index (χ4v) is 3.32. The number of benzene rings is 2. The van der Waals surface area contributed by atoms with Crippen molar-refractivity contribution in [2.45, 2.75) is 9.96 Å². The molecule has 0 bridgehead atoms. The molecule has 0 N–H and O–H groups in total. The summed E-state index contributed by atoms with van der Waals surface area (Å²) >= 11 is 30.6. The molecule has 0 radical (unpaired) electrons. The Morgan fingerprint density at radius 2 is 1.00 bits per heavy atom. The molecule has 1 aliphatic heterocycles. The maximum Gasteiger partial charge on any atom is 0.229 e. The summed E-state index contributed by atoms with van der Waals surface area (Å²) in [5.74, 6) is 0. The second kappa shape index (κ2) is 6.62. The molecule has 0 atom stereocenters. The number of rotatable bonds is 2. The first-order valence-corrected chi connectivity index (χ1v) is 8.58. The summed E-state index contributed by atoms with van der Waals surface area (Å²) in [6.45, 7) is 0. The van der Waals surface area contributed by atoms with Crippen LogP contribution in [0.4, 0.5) is 11.4 Å². The Balaban J connectivity index is 1.98. The van der Waals surface area contributed by atoms with Crippen molar-refractivity contribution in [2.75, 3.05) is 9.80 Å². The molecular weight excluding hydrogens is 397 g/mol. The van der Waals surface area contributed by atoms with Gasteiger partial charge in [-0.3, -0.25) is 0 Å². The van der Waals surface area contributed by atoms with E-state index in [0.29, 0.717) is 10.0 Å². The van der Waals surface area contributed by atoms with Crippen LogP contribution in [0.15, 0.2) is 60.9 Å². The van der Waals surface area contributed by atoms with Crippen molar-refractivity contribution in [3.05, 3.63) is 71.0 Å². The molecule has 0 amide bonds. The number of alkyl halides is 3. The number of anilines is 2. The molecule has 2 nitrogen and oxygen atoms in total. The monoisotopic (exact) mass is 406 g/mol. The molecule has 0 fully saturated rings. The Hall–Kier alpha value is -0.770. The summed E-state index contributed by atoms with van der Waals surface area (Å²) < 4.78 is -1.54. The van der Waals surface area contributed by atoms with Crippen LogP contribution in [-0.2, 0) is 0 Å². The van der Waals surface area contributed by atoms with Crippen LogP contribution in [0.5, 0.6) is 0 Å². The van der Waals surface area contributed by atoms with Crippen molar-refractivity contribution >= 4 is 69.4 Å². The van der Waals surface area contributed by atoms with Gasteiger partial charge in [-0.2, -0.15) is 0 Å². The van der Waals surface area contributed by atoms with Crippen molar-refractivity contribution in [1.29, 1.82) is 0 Å². The minimum Gasteiger partial charge on any atom is -0.321 e. The highest BCUT2D eigenvalue weighted by Gasteiger charge is 2.43. The van der Waals surface area contributed by atoms with E-state index in [2.05, 4.69) is 0 Å². The molecule has 3 rings (SSSR count). The zero-order valence-electron chi connectivity index (χ0n) is 11.6. The first kappa shape index (κ1) is 17.1. The van der Waals surface area contributed by atoms with Gasteiger partial charge in [-0.05, 0) is 48.5 Å². The summed E-state index contributed by atoms with van der Waals surface area (Å²) in [4.78, 5) is 3.77. The van der Waals surface area contributed by atoms with Crippen LogP contribution in [-0.4, -0.2) is 9.96 Å². The first-order valence-electron chi connectivity index (χ1n) is 6.69. The number of halogens is 5. The third-order valence-electron chi connectivity index (χ3n) is 3.46. The largest absolute Gasteiger partial charge is 0.321 e. The van der Waals surface area contributed by atoms with Crippen LogP contribution in [0.2, 0.25) is 10.0 Å². The van der Waals surface area contributed by atoms with E-state index >= 15 is 0 Å². The van der Waals surface area contributed by atoms with Gasteiger partial charge in [-0.25, -0.2) is 0 Å². The molecule has 0 aromatic heterocycles. The highest BCUT2D eigenvalue weighted by Crippen LogP contribution is 2.42. The lowest BCUT2D eigenvalue weighted by Crippen LogP contribution is -2.48. The Kier molecular flexibility index (Phi) is 4.91. The molecule has 23 heavy (non-hydrogen) atoms. The van der Waals surface area contributed by atoms with Gasteiger partial charge in [-0.1, -0.05) is 58.0 Å². The molecule has 7 heteroatoms. The zero-order chi connectivity index (χ0) is 16.6. The predicted molar refractivity (Wildman–Crippen MR) is 101 cm³/mol. The maximum absolute atomic E-state index is 6.25. The lowest BCUT2D eigenvalue weighted by Gasteiger charge is -2.37. The maximum atomic E-state index is 6.25. The molecule has 2 aromatic rings. The average molecular weight is 409 g/mol. The van der Waals surface area contributed by atoms with Crippen LogP contribution in [0.25, 0.3) is 0 Å². The summed E-state index contributed by atoms with van der Waals surface area (Å²) in [5, 5.41) is 1.30. The Labute approximate surface area is 159 Å². The molecule has 0 spiro atoms. The third kappa shape index (κ3) is 3.67. The second-order valence-corrected chi connectivity index (χ2v) is 8.22. The van der Waals surface area contributed by atoms with Crippen LogP contribution >= 0.6 is 58.0 Å². The molecule has 0 saturated heterocycles. The predicted octanol–water partition coefficient (Wildman–Crippen LogP) is 6.49.